The maximum atomic E-state index is 3.58. The number of hydrogen-bond donors (Lipinski definition) is 1. The van der Waals surface area contributed by atoms with Crippen molar-refractivity contribution in [1.29, 1.82) is 0 Å². The minimum absolute atomic E-state index is 0.946. The molecule has 0 aliphatic heterocycles. The van der Waals surface area contributed by atoms with Crippen molar-refractivity contribution in [3.05, 3.63) is 28.2 Å². The Balaban J connectivity index is 2.90. The summed E-state index contributed by atoms with van der Waals surface area (Å²) >= 11 is 3.58. The number of halogens is 1. The van der Waals surface area contributed by atoms with Crippen molar-refractivity contribution < 1.29 is 0 Å². The van der Waals surface area contributed by atoms with Gasteiger partial charge in [-0.1, -0.05) is 42.3 Å². The SMILES string of the molecule is CCCCN(CC)c1cc(Br)ccc1CNCC. The number of rotatable bonds is 8. The van der Waals surface area contributed by atoms with Crippen LogP contribution in [0, 0.1) is 0 Å². The van der Waals surface area contributed by atoms with E-state index >= 15 is 0 Å². The fourth-order valence-corrected chi connectivity index (χ4v) is 2.39. The minimum atomic E-state index is 0.946. The van der Waals surface area contributed by atoms with Crippen LogP contribution in [-0.4, -0.2) is 19.6 Å². The van der Waals surface area contributed by atoms with Gasteiger partial charge in [-0.05, 0) is 37.6 Å². The maximum absolute atomic E-state index is 3.58. The smallest absolute Gasteiger partial charge is 0.0423 e. The lowest BCUT2D eigenvalue weighted by Gasteiger charge is -2.26. The highest BCUT2D eigenvalue weighted by molar-refractivity contribution is 9.10. The highest BCUT2D eigenvalue weighted by atomic mass is 79.9. The molecule has 1 aromatic rings. The van der Waals surface area contributed by atoms with E-state index in [1.54, 1.807) is 0 Å². The van der Waals surface area contributed by atoms with Gasteiger partial charge in [-0.15, -0.1) is 0 Å². The first-order valence-electron chi connectivity index (χ1n) is 6.97. The fraction of sp³-hybridized carbons (Fsp3) is 0.600. The molecule has 0 aliphatic rings. The Morgan fingerprint density at radius 3 is 2.61 bits per heavy atom. The van der Waals surface area contributed by atoms with Crippen molar-refractivity contribution in [2.24, 2.45) is 0 Å². The van der Waals surface area contributed by atoms with Gasteiger partial charge in [0.05, 0.1) is 0 Å². The van der Waals surface area contributed by atoms with Crippen LogP contribution >= 0.6 is 15.9 Å². The molecule has 0 amide bonds. The molecule has 2 nitrogen and oxygen atoms in total. The van der Waals surface area contributed by atoms with Crippen molar-refractivity contribution in [3.63, 3.8) is 0 Å². The standard InChI is InChI=1S/C15H25BrN2/c1-4-7-10-18(6-3)15-11-14(16)9-8-13(15)12-17-5-2/h8-9,11,17H,4-7,10,12H2,1-3H3. The highest BCUT2D eigenvalue weighted by Gasteiger charge is 2.09. The van der Waals surface area contributed by atoms with Gasteiger partial charge in [-0.25, -0.2) is 0 Å². The summed E-state index contributed by atoms with van der Waals surface area (Å²) in [6.07, 6.45) is 2.49. The number of nitrogens with zero attached hydrogens (tertiary/aromatic N) is 1. The van der Waals surface area contributed by atoms with Gasteiger partial charge in [0.1, 0.15) is 0 Å². The Hall–Kier alpha value is -0.540. The fourth-order valence-electron chi connectivity index (χ4n) is 2.04. The molecule has 0 bridgehead atoms. The zero-order chi connectivity index (χ0) is 13.4. The second-order valence-corrected chi connectivity index (χ2v) is 5.40. The van der Waals surface area contributed by atoms with Gasteiger partial charge in [0.2, 0.25) is 0 Å². The average molecular weight is 313 g/mol. The summed E-state index contributed by atoms with van der Waals surface area (Å²) in [5.41, 5.74) is 2.75. The van der Waals surface area contributed by atoms with E-state index < -0.39 is 0 Å². The van der Waals surface area contributed by atoms with Gasteiger partial charge in [0.25, 0.3) is 0 Å². The van der Waals surface area contributed by atoms with E-state index in [2.05, 4.69) is 65.1 Å². The third-order valence-electron chi connectivity index (χ3n) is 3.12. The molecule has 0 saturated heterocycles. The molecule has 3 heteroatoms. The van der Waals surface area contributed by atoms with Crippen LogP contribution in [0.4, 0.5) is 5.69 Å². The molecule has 0 atom stereocenters. The molecule has 0 saturated carbocycles. The quantitative estimate of drug-likeness (QED) is 0.774. The summed E-state index contributed by atoms with van der Waals surface area (Å²) in [5, 5.41) is 3.42. The average Bonchev–Trinajstić information content (AvgIpc) is 2.38. The normalized spacial score (nSPS) is 10.7. The molecule has 1 aromatic carbocycles. The van der Waals surface area contributed by atoms with E-state index in [9.17, 15) is 0 Å². The number of hydrogen-bond acceptors (Lipinski definition) is 2. The van der Waals surface area contributed by atoms with Gasteiger partial charge in [0.15, 0.2) is 0 Å². The maximum Gasteiger partial charge on any atom is 0.0423 e. The Labute approximate surface area is 120 Å². The van der Waals surface area contributed by atoms with Crippen LogP contribution in [0.2, 0.25) is 0 Å². The van der Waals surface area contributed by atoms with Crippen molar-refractivity contribution in [1.82, 2.24) is 5.32 Å². The number of benzene rings is 1. The van der Waals surface area contributed by atoms with Crippen LogP contribution in [0.3, 0.4) is 0 Å². The van der Waals surface area contributed by atoms with Crippen molar-refractivity contribution in [2.45, 2.75) is 40.2 Å². The Morgan fingerprint density at radius 2 is 2.00 bits per heavy atom. The van der Waals surface area contributed by atoms with E-state index in [1.807, 2.05) is 0 Å². The van der Waals surface area contributed by atoms with Crippen LogP contribution in [0.25, 0.3) is 0 Å². The van der Waals surface area contributed by atoms with Crippen molar-refractivity contribution >= 4 is 21.6 Å². The monoisotopic (exact) mass is 312 g/mol. The predicted molar refractivity (Wildman–Crippen MR) is 84.3 cm³/mol. The summed E-state index contributed by atoms with van der Waals surface area (Å²) in [7, 11) is 0. The molecule has 18 heavy (non-hydrogen) atoms. The summed E-state index contributed by atoms with van der Waals surface area (Å²) in [4.78, 5) is 2.47. The van der Waals surface area contributed by atoms with Crippen LogP contribution in [0.5, 0.6) is 0 Å². The summed E-state index contributed by atoms with van der Waals surface area (Å²) in [5.74, 6) is 0. The molecular weight excluding hydrogens is 288 g/mol. The van der Waals surface area contributed by atoms with Crippen LogP contribution in [0.1, 0.15) is 39.2 Å². The Bertz CT molecular complexity index is 352. The van der Waals surface area contributed by atoms with Crippen LogP contribution in [0.15, 0.2) is 22.7 Å². The molecule has 0 aromatic heterocycles. The van der Waals surface area contributed by atoms with E-state index in [1.165, 1.54) is 24.1 Å². The third-order valence-corrected chi connectivity index (χ3v) is 3.61. The minimum Gasteiger partial charge on any atom is -0.372 e. The molecule has 0 fully saturated rings. The van der Waals surface area contributed by atoms with Gasteiger partial charge >= 0.3 is 0 Å². The van der Waals surface area contributed by atoms with E-state index in [0.717, 1.165) is 30.7 Å². The van der Waals surface area contributed by atoms with Crippen LogP contribution < -0.4 is 10.2 Å². The van der Waals surface area contributed by atoms with Gasteiger partial charge in [-0.3, -0.25) is 0 Å². The number of anilines is 1. The first kappa shape index (κ1) is 15.5. The first-order chi connectivity index (χ1) is 8.72. The van der Waals surface area contributed by atoms with E-state index in [0.29, 0.717) is 0 Å². The molecule has 1 N–H and O–H groups in total. The second kappa shape index (κ2) is 8.54. The molecule has 102 valence electrons. The third kappa shape index (κ3) is 4.62. The molecule has 1 rings (SSSR count). The number of nitrogens with one attached hydrogen (secondary N) is 1. The van der Waals surface area contributed by atoms with E-state index in [4.69, 9.17) is 0 Å². The lowest BCUT2D eigenvalue weighted by atomic mass is 10.1. The predicted octanol–water partition coefficient (Wildman–Crippen LogP) is 4.19. The molecule has 0 unspecified atom stereocenters. The van der Waals surface area contributed by atoms with Gasteiger partial charge < -0.3 is 10.2 Å². The van der Waals surface area contributed by atoms with Crippen molar-refractivity contribution in [2.75, 3.05) is 24.5 Å². The van der Waals surface area contributed by atoms with Gasteiger partial charge in [0, 0.05) is 29.8 Å². The Morgan fingerprint density at radius 1 is 1.22 bits per heavy atom. The molecule has 0 radical (unpaired) electrons. The lowest BCUT2D eigenvalue weighted by molar-refractivity contribution is 0.704. The second-order valence-electron chi connectivity index (χ2n) is 4.49. The summed E-state index contributed by atoms with van der Waals surface area (Å²) < 4.78 is 1.16. The highest BCUT2D eigenvalue weighted by Crippen LogP contribution is 2.25. The van der Waals surface area contributed by atoms with Crippen LogP contribution in [-0.2, 0) is 6.54 Å². The summed E-state index contributed by atoms with van der Waals surface area (Å²) in [6.45, 7) is 10.8. The molecular formula is C15H25BrN2. The van der Waals surface area contributed by atoms with Gasteiger partial charge in [-0.2, -0.15) is 0 Å². The lowest BCUT2D eigenvalue weighted by Crippen LogP contribution is -2.26. The zero-order valence-electron chi connectivity index (χ0n) is 11.8. The molecule has 0 aliphatic carbocycles. The number of unbranched alkanes of at least 4 members (excludes halogenated alkanes) is 1. The molecule has 0 heterocycles. The summed E-state index contributed by atoms with van der Waals surface area (Å²) in [6, 6.07) is 6.59. The Kier molecular flexibility index (Phi) is 7.36. The van der Waals surface area contributed by atoms with Crippen molar-refractivity contribution in [3.8, 4) is 0 Å². The topological polar surface area (TPSA) is 15.3 Å². The first-order valence-corrected chi connectivity index (χ1v) is 7.76. The largest absolute Gasteiger partial charge is 0.372 e. The molecule has 0 spiro atoms. The zero-order valence-corrected chi connectivity index (χ0v) is 13.4. The van der Waals surface area contributed by atoms with E-state index in [-0.39, 0.29) is 0 Å².